The fraction of sp³-hybridized carbons (Fsp3) is 0.625. The number of allylic oxidation sites excluding steroid dienone is 6. The summed E-state index contributed by atoms with van der Waals surface area (Å²) in [5.74, 6) is -3.05. The lowest BCUT2D eigenvalue weighted by Crippen LogP contribution is -2.58. The van der Waals surface area contributed by atoms with Crippen molar-refractivity contribution >= 4 is 17.5 Å². The van der Waals surface area contributed by atoms with Gasteiger partial charge in [0, 0.05) is 10.8 Å². The van der Waals surface area contributed by atoms with E-state index in [0.29, 0.717) is 12.8 Å². The van der Waals surface area contributed by atoms with Crippen molar-refractivity contribution < 1.29 is 29.7 Å². The second-order valence-corrected chi connectivity index (χ2v) is 9.98. The first-order valence-corrected chi connectivity index (χ1v) is 10.8. The molecule has 0 aromatic rings. The highest BCUT2D eigenvalue weighted by Gasteiger charge is 2.65. The number of aliphatic hydroxyl groups excluding tert-OH is 1. The minimum Gasteiger partial charge on any atom is -0.481 e. The van der Waals surface area contributed by atoms with Crippen molar-refractivity contribution in [3.05, 3.63) is 35.5 Å². The first-order valence-electron chi connectivity index (χ1n) is 10.8. The zero-order chi connectivity index (χ0) is 22.1. The third-order valence-electron chi connectivity index (χ3n) is 8.64. The minimum absolute atomic E-state index is 0.0181. The smallest absolute Gasteiger partial charge is 0.309 e. The van der Waals surface area contributed by atoms with Gasteiger partial charge in [-0.15, -0.1) is 0 Å². The van der Waals surface area contributed by atoms with Crippen LogP contribution in [0.1, 0.15) is 52.9 Å². The fourth-order valence-electron chi connectivity index (χ4n) is 6.55. The number of carbonyl (C=O) groups is 3. The molecule has 7 atom stereocenters. The van der Waals surface area contributed by atoms with Crippen molar-refractivity contribution in [2.24, 2.45) is 28.6 Å². The van der Waals surface area contributed by atoms with Gasteiger partial charge in [-0.05, 0) is 69.9 Å². The number of ketones is 2. The molecule has 0 aliphatic heterocycles. The topological polar surface area (TPSA) is 112 Å². The maximum atomic E-state index is 13.1. The number of carbonyl (C=O) groups excluding carboxylic acids is 2. The van der Waals surface area contributed by atoms with Gasteiger partial charge in [-0.25, -0.2) is 0 Å². The Balaban J connectivity index is 1.70. The van der Waals surface area contributed by atoms with Crippen LogP contribution in [0.2, 0.25) is 0 Å². The fourth-order valence-corrected chi connectivity index (χ4v) is 6.55. The Morgan fingerprint density at radius 2 is 1.93 bits per heavy atom. The van der Waals surface area contributed by atoms with Crippen LogP contribution in [0.15, 0.2) is 35.5 Å². The van der Waals surface area contributed by atoms with Gasteiger partial charge in [-0.2, -0.15) is 0 Å². The molecule has 0 amide bonds. The molecule has 0 heterocycles. The maximum absolute atomic E-state index is 13.1. The Morgan fingerprint density at radius 3 is 2.60 bits per heavy atom. The van der Waals surface area contributed by atoms with Gasteiger partial charge in [0.25, 0.3) is 0 Å². The molecule has 0 spiro atoms. The summed E-state index contributed by atoms with van der Waals surface area (Å²) in [4.78, 5) is 36.2. The lowest BCUT2D eigenvalue weighted by atomic mass is 9.51. The minimum atomic E-state index is -1.75. The molecule has 6 nitrogen and oxygen atoms in total. The van der Waals surface area contributed by atoms with Gasteiger partial charge in [0.1, 0.15) is 11.7 Å². The van der Waals surface area contributed by atoms with Crippen LogP contribution in [-0.2, 0) is 14.4 Å². The molecule has 4 aliphatic rings. The van der Waals surface area contributed by atoms with Crippen LogP contribution >= 0.6 is 0 Å². The Hall–Kier alpha value is -2.05. The van der Waals surface area contributed by atoms with E-state index < -0.39 is 34.8 Å². The molecular weight excluding hydrogens is 384 g/mol. The van der Waals surface area contributed by atoms with Gasteiger partial charge in [-0.3, -0.25) is 14.4 Å². The molecule has 4 rings (SSSR count). The Kier molecular flexibility index (Phi) is 4.75. The van der Waals surface area contributed by atoms with Crippen LogP contribution in [0.5, 0.6) is 0 Å². The van der Waals surface area contributed by atoms with Gasteiger partial charge < -0.3 is 15.3 Å². The molecule has 0 radical (unpaired) electrons. The molecule has 2 fully saturated rings. The lowest BCUT2D eigenvalue weighted by Gasteiger charge is -2.53. The second kappa shape index (κ2) is 6.72. The van der Waals surface area contributed by atoms with E-state index in [2.05, 4.69) is 13.0 Å². The van der Waals surface area contributed by atoms with Gasteiger partial charge in [-0.1, -0.05) is 30.2 Å². The van der Waals surface area contributed by atoms with E-state index in [1.807, 2.05) is 13.0 Å². The summed E-state index contributed by atoms with van der Waals surface area (Å²) in [6, 6.07) is 0. The molecule has 4 aliphatic carbocycles. The number of carboxylic acid groups (broad SMARTS) is 1. The number of hydrogen-bond acceptors (Lipinski definition) is 5. The highest BCUT2D eigenvalue weighted by molar-refractivity contribution is 6.01. The Morgan fingerprint density at radius 1 is 1.23 bits per heavy atom. The molecule has 0 aromatic heterocycles. The van der Waals surface area contributed by atoms with Gasteiger partial charge in [0.15, 0.2) is 11.6 Å². The molecule has 0 saturated heterocycles. The quantitative estimate of drug-likeness (QED) is 0.610. The summed E-state index contributed by atoms with van der Waals surface area (Å²) in [5.41, 5.74) is -0.444. The van der Waals surface area contributed by atoms with Crippen LogP contribution in [0.25, 0.3) is 0 Å². The largest absolute Gasteiger partial charge is 0.481 e. The maximum Gasteiger partial charge on any atom is 0.309 e. The van der Waals surface area contributed by atoms with Gasteiger partial charge >= 0.3 is 5.97 Å². The summed E-state index contributed by atoms with van der Waals surface area (Å²) in [7, 11) is 0. The van der Waals surface area contributed by atoms with Crippen molar-refractivity contribution in [1.82, 2.24) is 0 Å². The number of rotatable bonds is 4. The summed E-state index contributed by atoms with van der Waals surface area (Å²) >= 11 is 0. The van der Waals surface area contributed by atoms with E-state index in [1.54, 1.807) is 12.2 Å². The van der Waals surface area contributed by atoms with Gasteiger partial charge in [0.2, 0.25) is 0 Å². The molecule has 162 valence electrons. The highest BCUT2D eigenvalue weighted by atomic mass is 16.4. The highest BCUT2D eigenvalue weighted by Crippen LogP contribution is 2.65. The number of aliphatic carboxylic acids is 1. The zero-order valence-electron chi connectivity index (χ0n) is 17.7. The van der Waals surface area contributed by atoms with E-state index >= 15 is 0 Å². The van der Waals surface area contributed by atoms with Gasteiger partial charge in [0.05, 0.1) is 5.92 Å². The molecule has 2 unspecified atom stereocenters. The molecule has 0 aromatic carbocycles. The van der Waals surface area contributed by atoms with Crippen LogP contribution < -0.4 is 0 Å². The Bertz CT molecular complexity index is 913. The molecule has 3 N–H and O–H groups in total. The van der Waals surface area contributed by atoms with E-state index in [4.69, 9.17) is 0 Å². The second-order valence-electron chi connectivity index (χ2n) is 9.98. The molecule has 0 bridgehead atoms. The number of carboxylic acids is 1. The van der Waals surface area contributed by atoms with Crippen molar-refractivity contribution in [3.8, 4) is 0 Å². The van der Waals surface area contributed by atoms with E-state index in [-0.39, 0.29) is 29.5 Å². The average molecular weight is 414 g/mol. The normalized spacial score (nSPS) is 41.7. The van der Waals surface area contributed by atoms with Crippen molar-refractivity contribution in [3.63, 3.8) is 0 Å². The van der Waals surface area contributed by atoms with Crippen LogP contribution in [0, 0.1) is 28.6 Å². The molecule has 30 heavy (non-hydrogen) atoms. The summed E-state index contributed by atoms with van der Waals surface area (Å²) in [6.45, 7) is 5.32. The van der Waals surface area contributed by atoms with Crippen molar-refractivity contribution in [1.29, 1.82) is 0 Å². The van der Waals surface area contributed by atoms with Crippen molar-refractivity contribution in [2.45, 2.75) is 64.6 Å². The summed E-state index contributed by atoms with van der Waals surface area (Å²) in [6.07, 6.45) is 8.72. The molecule has 6 heteroatoms. The summed E-state index contributed by atoms with van der Waals surface area (Å²) in [5, 5.41) is 31.1. The molecule has 2 saturated carbocycles. The van der Waals surface area contributed by atoms with E-state index in [0.717, 1.165) is 18.4 Å². The number of Topliss-reactive ketones (excluding diaryl/α,β-unsaturated/α-hetero) is 1. The predicted octanol–water partition coefficient (Wildman–Crippen LogP) is 2.60. The standard InChI is InChI=1S/C24H30O6/c1-13(21(28)29)19(26)20(27)24(30)11-8-18-16-5-4-14-12-15(25)6-9-22(14,2)17(16)7-10-23(18,24)3/h6-7,9,12-13,16,18-19,26,30H,4-5,8,10-11H2,1-3H3,(H,28,29)/t13?,16-,18+,19?,22+,23+,24+/m1/s1. The van der Waals surface area contributed by atoms with Crippen LogP contribution in [-0.4, -0.2) is 44.6 Å². The van der Waals surface area contributed by atoms with E-state index in [1.165, 1.54) is 12.5 Å². The predicted molar refractivity (Wildman–Crippen MR) is 109 cm³/mol. The number of fused-ring (bicyclic) bond motifs is 5. The summed E-state index contributed by atoms with van der Waals surface area (Å²) < 4.78 is 0. The van der Waals surface area contributed by atoms with Crippen LogP contribution in [0.4, 0.5) is 0 Å². The SMILES string of the molecule is CC(C(=O)O)C(O)C(=O)[C@@]1(O)CC[C@H]2[C@@H]3CCC4=CC(=O)C=C[C@]4(C)C3=CC[C@@]21C. The zero-order valence-corrected chi connectivity index (χ0v) is 17.7. The number of hydrogen-bond donors (Lipinski definition) is 3. The first kappa shape index (κ1) is 21.2. The van der Waals surface area contributed by atoms with Crippen LogP contribution in [0.3, 0.4) is 0 Å². The third kappa shape index (κ3) is 2.66. The number of aliphatic hydroxyl groups is 2. The average Bonchev–Trinajstić information content (AvgIpc) is 2.98. The molecular formula is C24H30O6. The van der Waals surface area contributed by atoms with Crippen molar-refractivity contribution in [2.75, 3.05) is 0 Å². The monoisotopic (exact) mass is 414 g/mol. The first-order chi connectivity index (χ1) is 14.0. The van der Waals surface area contributed by atoms with E-state index in [9.17, 15) is 29.7 Å². The Labute approximate surface area is 176 Å². The lowest BCUT2D eigenvalue weighted by molar-refractivity contribution is -0.168. The third-order valence-corrected chi connectivity index (χ3v) is 8.64.